The van der Waals surface area contributed by atoms with Gasteiger partial charge in [-0.3, -0.25) is 9.59 Å². The van der Waals surface area contributed by atoms with Crippen molar-refractivity contribution in [2.75, 3.05) is 19.6 Å². The summed E-state index contributed by atoms with van der Waals surface area (Å²) in [6.07, 6.45) is 10.7. The van der Waals surface area contributed by atoms with Crippen LogP contribution in [-0.4, -0.2) is 45.9 Å². The maximum Gasteiger partial charge on any atom is 0.226 e. The minimum atomic E-state index is -0.142. The van der Waals surface area contributed by atoms with E-state index in [2.05, 4.69) is 14.9 Å². The molecule has 3 rings (SSSR count). The van der Waals surface area contributed by atoms with Gasteiger partial charge in [-0.2, -0.15) is 0 Å². The van der Waals surface area contributed by atoms with Gasteiger partial charge in [-0.05, 0) is 39.0 Å². The first-order chi connectivity index (χ1) is 12.2. The summed E-state index contributed by atoms with van der Waals surface area (Å²) in [4.78, 5) is 31.6. The fourth-order valence-corrected chi connectivity index (χ4v) is 4.14. The molecule has 2 unspecified atom stereocenters. The summed E-state index contributed by atoms with van der Waals surface area (Å²) in [6, 6.07) is 0. The third kappa shape index (κ3) is 4.41. The number of amides is 2. The van der Waals surface area contributed by atoms with E-state index in [-0.39, 0.29) is 23.7 Å². The summed E-state index contributed by atoms with van der Waals surface area (Å²) >= 11 is 0. The predicted molar refractivity (Wildman–Crippen MR) is 95.9 cm³/mol. The molecule has 2 atom stereocenters. The number of carbonyl (C=O) groups excluding carboxylic acids is 2. The monoisotopic (exact) mass is 346 g/mol. The maximum absolute atomic E-state index is 12.8. The van der Waals surface area contributed by atoms with Gasteiger partial charge in [0.15, 0.2) is 0 Å². The molecule has 1 aliphatic carbocycles. The highest BCUT2D eigenvalue weighted by Crippen LogP contribution is 2.32. The molecule has 6 nitrogen and oxygen atoms in total. The standard InChI is InChI=1S/C19H30N4O2/c1-15-20-10-14-22(15)13-6-9-21-18(24)16-7-2-3-8-17(16)19(25)23-11-4-5-12-23/h10,14,16-17H,2-9,11-13H2,1H3,(H,21,24). The first-order valence-corrected chi connectivity index (χ1v) is 9.71. The van der Waals surface area contributed by atoms with E-state index in [1.165, 1.54) is 0 Å². The largest absolute Gasteiger partial charge is 0.356 e. The van der Waals surface area contributed by atoms with Crippen molar-refractivity contribution in [2.45, 2.75) is 58.4 Å². The Morgan fingerprint density at radius 1 is 1.16 bits per heavy atom. The lowest BCUT2D eigenvalue weighted by Gasteiger charge is -2.32. The van der Waals surface area contributed by atoms with E-state index in [9.17, 15) is 9.59 Å². The summed E-state index contributed by atoms with van der Waals surface area (Å²) in [7, 11) is 0. The van der Waals surface area contributed by atoms with E-state index in [1.54, 1.807) is 6.20 Å². The van der Waals surface area contributed by atoms with Crippen LogP contribution in [0.5, 0.6) is 0 Å². The van der Waals surface area contributed by atoms with Crippen LogP contribution in [0.4, 0.5) is 0 Å². The van der Waals surface area contributed by atoms with Gasteiger partial charge in [0.25, 0.3) is 0 Å². The summed E-state index contributed by atoms with van der Waals surface area (Å²) in [5.41, 5.74) is 0. The van der Waals surface area contributed by atoms with Crippen LogP contribution in [-0.2, 0) is 16.1 Å². The smallest absolute Gasteiger partial charge is 0.226 e. The molecule has 2 fully saturated rings. The highest BCUT2D eigenvalue weighted by atomic mass is 16.2. The number of nitrogens with one attached hydrogen (secondary N) is 1. The molecular formula is C19H30N4O2. The van der Waals surface area contributed by atoms with Crippen LogP contribution in [0, 0.1) is 18.8 Å². The Labute approximate surface area is 150 Å². The molecule has 138 valence electrons. The molecule has 1 aromatic heterocycles. The number of hydrogen-bond acceptors (Lipinski definition) is 3. The molecule has 0 bridgehead atoms. The molecule has 1 saturated heterocycles. The number of likely N-dealkylation sites (tertiary alicyclic amines) is 1. The second-order valence-corrected chi connectivity index (χ2v) is 7.34. The average Bonchev–Trinajstić information content (AvgIpc) is 3.30. The van der Waals surface area contributed by atoms with Crippen LogP contribution in [0.15, 0.2) is 12.4 Å². The maximum atomic E-state index is 12.8. The highest BCUT2D eigenvalue weighted by molar-refractivity contribution is 5.88. The second kappa shape index (κ2) is 8.50. The molecule has 1 N–H and O–H groups in total. The van der Waals surface area contributed by atoms with Gasteiger partial charge >= 0.3 is 0 Å². The van der Waals surface area contributed by atoms with Crippen molar-refractivity contribution in [1.29, 1.82) is 0 Å². The fraction of sp³-hybridized carbons (Fsp3) is 0.737. The summed E-state index contributed by atoms with van der Waals surface area (Å²) < 4.78 is 2.09. The fourth-order valence-electron chi connectivity index (χ4n) is 4.14. The molecule has 1 aliphatic heterocycles. The highest BCUT2D eigenvalue weighted by Gasteiger charge is 2.38. The quantitative estimate of drug-likeness (QED) is 0.803. The predicted octanol–water partition coefficient (Wildman–Crippen LogP) is 2.13. The lowest BCUT2D eigenvalue weighted by molar-refractivity contribution is -0.142. The lowest BCUT2D eigenvalue weighted by Crippen LogP contribution is -2.44. The van der Waals surface area contributed by atoms with Crippen molar-refractivity contribution in [2.24, 2.45) is 11.8 Å². The van der Waals surface area contributed by atoms with Crippen LogP contribution < -0.4 is 5.32 Å². The number of hydrogen-bond donors (Lipinski definition) is 1. The van der Waals surface area contributed by atoms with Crippen LogP contribution in [0.3, 0.4) is 0 Å². The number of nitrogens with zero attached hydrogens (tertiary/aromatic N) is 3. The number of imidazole rings is 1. The molecule has 1 aromatic rings. The molecule has 25 heavy (non-hydrogen) atoms. The third-order valence-electron chi connectivity index (χ3n) is 5.64. The number of aromatic nitrogens is 2. The first-order valence-electron chi connectivity index (χ1n) is 9.71. The Morgan fingerprint density at radius 2 is 1.88 bits per heavy atom. The molecule has 2 aliphatic rings. The van der Waals surface area contributed by atoms with Crippen molar-refractivity contribution in [1.82, 2.24) is 19.8 Å². The van der Waals surface area contributed by atoms with Crippen LogP contribution in [0.2, 0.25) is 0 Å². The minimum absolute atomic E-state index is 0.0691. The van der Waals surface area contributed by atoms with Gasteiger partial charge in [-0.15, -0.1) is 0 Å². The number of carbonyl (C=O) groups is 2. The van der Waals surface area contributed by atoms with Gasteiger partial charge in [0.1, 0.15) is 5.82 Å². The zero-order valence-corrected chi connectivity index (χ0v) is 15.2. The van der Waals surface area contributed by atoms with Crippen molar-refractivity contribution >= 4 is 11.8 Å². The molecule has 2 amide bonds. The topological polar surface area (TPSA) is 67.2 Å². The third-order valence-corrected chi connectivity index (χ3v) is 5.64. The van der Waals surface area contributed by atoms with Gasteiger partial charge in [0, 0.05) is 50.4 Å². The summed E-state index contributed by atoms with van der Waals surface area (Å²) in [6.45, 7) is 5.22. The SMILES string of the molecule is Cc1nccn1CCCNC(=O)C1CCCCC1C(=O)N1CCCC1. The summed E-state index contributed by atoms with van der Waals surface area (Å²) in [5, 5.41) is 3.07. The molecule has 2 heterocycles. The van der Waals surface area contributed by atoms with Crippen LogP contribution in [0.25, 0.3) is 0 Å². The second-order valence-electron chi connectivity index (χ2n) is 7.34. The van der Waals surface area contributed by atoms with E-state index < -0.39 is 0 Å². The van der Waals surface area contributed by atoms with E-state index in [4.69, 9.17) is 0 Å². The van der Waals surface area contributed by atoms with Gasteiger partial charge in [0.2, 0.25) is 11.8 Å². The van der Waals surface area contributed by atoms with Crippen LogP contribution in [0.1, 0.15) is 50.8 Å². The number of rotatable bonds is 6. The Balaban J connectivity index is 1.48. The Morgan fingerprint density at radius 3 is 2.56 bits per heavy atom. The van der Waals surface area contributed by atoms with Gasteiger partial charge in [-0.1, -0.05) is 12.8 Å². The normalized spacial score (nSPS) is 23.6. The molecule has 0 radical (unpaired) electrons. The zero-order chi connectivity index (χ0) is 17.6. The van der Waals surface area contributed by atoms with E-state index in [0.717, 1.165) is 70.4 Å². The summed E-state index contributed by atoms with van der Waals surface area (Å²) in [5.74, 6) is 1.03. The van der Waals surface area contributed by atoms with Crippen molar-refractivity contribution < 1.29 is 9.59 Å². The van der Waals surface area contributed by atoms with E-state index in [0.29, 0.717) is 6.54 Å². The first kappa shape index (κ1) is 18.0. The van der Waals surface area contributed by atoms with E-state index >= 15 is 0 Å². The Bertz CT molecular complexity index is 592. The molecule has 0 aromatic carbocycles. The van der Waals surface area contributed by atoms with Crippen LogP contribution >= 0.6 is 0 Å². The van der Waals surface area contributed by atoms with Gasteiger partial charge in [0.05, 0.1) is 0 Å². The molecular weight excluding hydrogens is 316 g/mol. The number of aryl methyl sites for hydroxylation is 2. The van der Waals surface area contributed by atoms with Crippen molar-refractivity contribution in [3.8, 4) is 0 Å². The van der Waals surface area contributed by atoms with Gasteiger partial charge in [-0.25, -0.2) is 4.98 Å². The zero-order valence-electron chi connectivity index (χ0n) is 15.2. The minimum Gasteiger partial charge on any atom is -0.356 e. The Hall–Kier alpha value is -1.85. The molecule has 1 saturated carbocycles. The average molecular weight is 346 g/mol. The van der Waals surface area contributed by atoms with E-state index in [1.807, 2.05) is 18.0 Å². The lowest BCUT2D eigenvalue weighted by atomic mass is 9.78. The van der Waals surface area contributed by atoms with Gasteiger partial charge < -0.3 is 14.8 Å². The molecule has 0 spiro atoms. The molecule has 6 heteroatoms. The van der Waals surface area contributed by atoms with Crippen molar-refractivity contribution in [3.63, 3.8) is 0 Å². The Kier molecular flexibility index (Phi) is 6.10. The van der Waals surface area contributed by atoms with Crippen molar-refractivity contribution in [3.05, 3.63) is 18.2 Å².